The number of hydrogen-bond acceptors (Lipinski definition) is 42. The summed E-state index contributed by atoms with van der Waals surface area (Å²) in [4.78, 5) is 128. The van der Waals surface area contributed by atoms with Crippen molar-refractivity contribution in [3.05, 3.63) is 239 Å². The van der Waals surface area contributed by atoms with E-state index in [-0.39, 0.29) is 35.8 Å². The lowest BCUT2D eigenvalue weighted by atomic mass is 10.2. The summed E-state index contributed by atoms with van der Waals surface area (Å²) in [6.07, 6.45) is 0. The van der Waals surface area contributed by atoms with Crippen LogP contribution in [0.2, 0.25) is 0 Å². The van der Waals surface area contributed by atoms with E-state index in [2.05, 4.69) is 184 Å². The highest BCUT2D eigenvalue weighted by Gasteiger charge is 2.05. The van der Waals surface area contributed by atoms with Crippen molar-refractivity contribution in [1.29, 1.82) is 0 Å². The van der Waals surface area contributed by atoms with Crippen LogP contribution >= 0.6 is 211 Å². The quantitative estimate of drug-likeness (QED) is 0.00433. The summed E-state index contributed by atoms with van der Waals surface area (Å²) in [6.45, 7) is 15.3. The van der Waals surface area contributed by atoms with E-state index in [0.29, 0.717) is 130 Å². The number of benzene rings is 8. The molecule has 124 heavy (non-hydrogen) atoms. The molecule has 0 aliphatic carbocycles. The van der Waals surface area contributed by atoms with Gasteiger partial charge < -0.3 is 56.8 Å². The number of carbonyl (C=O) groups is 12. The number of hydrogen-bond donors (Lipinski definition) is 12. The van der Waals surface area contributed by atoms with Crippen molar-refractivity contribution < 1.29 is 114 Å². The number of carbonyl (C=O) groups excluding carboxylic acids is 12. The van der Waals surface area contributed by atoms with Gasteiger partial charge in [-0.15, -0.1) is 120 Å². The molecule has 0 saturated heterocycles. The Balaban J connectivity index is -0.000000638. The topological polar surface area (TPSA) is 316 Å². The van der Waals surface area contributed by atoms with E-state index < -0.39 is 0 Å². The van der Waals surface area contributed by atoms with Gasteiger partial charge in [-0.3, -0.25) is 57.5 Å². The maximum absolute atomic E-state index is 10.6. The van der Waals surface area contributed by atoms with Crippen LogP contribution in [0.4, 0.5) is 0 Å². The summed E-state index contributed by atoms with van der Waals surface area (Å²) in [5.41, 5.74) is 7.72. The molecule has 0 spiro atoms. The summed E-state index contributed by atoms with van der Waals surface area (Å²) in [5, 5.41) is 0. The zero-order valence-corrected chi connectivity index (χ0v) is 83.5. The molecule has 0 saturated carbocycles. The molecular weight excluding hydrogens is 1950 g/mol. The first-order valence-electron chi connectivity index (χ1n) is 35.2. The Morgan fingerprint density at radius 2 is 0.540 bits per heavy atom. The lowest BCUT2D eigenvalue weighted by Crippen LogP contribution is -2.01. The zero-order valence-electron chi connectivity index (χ0n) is 67.9. The Labute approximate surface area is 813 Å². The predicted octanol–water partition coefficient (Wildman–Crippen LogP) is 19.8. The van der Waals surface area contributed by atoms with E-state index in [1.807, 2.05) is 194 Å². The Kier molecular flexibility index (Phi) is 90.1. The van der Waals surface area contributed by atoms with E-state index in [9.17, 15) is 57.5 Å². The third kappa shape index (κ3) is 80.3. The minimum Gasteiger partial charge on any atom is -0.467 e. The van der Waals surface area contributed by atoms with Crippen molar-refractivity contribution in [1.82, 2.24) is 0 Å². The molecule has 0 atom stereocenters. The molecule has 24 nitrogen and oxygen atoms in total. The highest BCUT2D eigenvalue weighted by Crippen LogP contribution is 2.28. The summed E-state index contributed by atoms with van der Waals surface area (Å²) < 4.78 is 55.3. The largest absolute Gasteiger partial charge is 0.467 e. The molecule has 0 unspecified atom stereocenters. The van der Waals surface area contributed by atoms with Gasteiger partial charge in [0.15, 0.2) is 0 Å². The maximum Gasteiger partial charge on any atom is 0.302 e. The molecule has 0 N–H and O–H groups in total. The molecule has 0 heterocycles. The summed E-state index contributed by atoms with van der Waals surface area (Å²) in [6, 6.07) is 60.7. The van der Waals surface area contributed by atoms with Crippen molar-refractivity contribution >= 4 is 285 Å². The second-order valence-electron chi connectivity index (χ2n) is 21.9. The van der Waals surface area contributed by atoms with Gasteiger partial charge >= 0.3 is 35.8 Å². The van der Waals surface area contributed by atoms with Gasteiger partial charge in [0.25, 0.3) is 38.8 Å². The normalized spacial score (nSPS) is 9.18. The molecule has 680 valence electrons. The number of esters is 6. The van der Waals surface area contributed by atoms with Gasteiger partial charge in [-0.2, -0.15) is 25.3 Å². The van der Waals surface area contributed by atoms with Crippen LogP contribution in [0.15, 0.2) is 233 Å². The number of ether oxygens (including phenoxy) is 12. The Morgan fingerprint density at radius 1 is 0.274 bits per heavy atom. The van der Waals surface area contributed by atoms with Crippen LogP contribution < -0.4 is 0 Å². The van der Waals surface area contributed by atoms with Gasteiger partial charge in [0, 0.05) is 126 Å². The summed E-state index contributed by atoms with van der Waals surface area (Å²) in [5.74, 6) is 1.17. The molecule has 42 heteroatoms. The standard InChI is InChI=1S/2C9H10O2S2.2C9H10O2S.2C8H8O2S2.2C8H8O2S.C4H8O2S2.C4H8O2S.C3H6O2S2.C3H6O2S/c1-7(10)11-6-8-2-4-9(13-12)5-3-8;1-7(10)11-6-8-4-2-3-5-9(8)13-12;1-7(10)11-6-8-2-4-9(12)5-3-8;1-7(10)11-6-8-4-2-3-5-9(8)12;9-6-10-5-7-1-3-8(12-11)4-2-7;9-6-10-5-7-3-1-2-4-8(7)12-11;9-6-10-5-7-1-3-8(11)4-2-7;9-6-10-5-7-3-1-2-4-8(7)11;1-4(5)6-2-3-8-7;1-4(5)6-2-3-7;4-3-5-1-2-7-6;4-3-5-1-2-6/h2*2-5,12H,6H2,1H3;2*2-5,12H,6H2,1H3;2*1-4,6,11H,5H2;2*1-4,6,11H,5H2;7H,2-3H2,1H3;7H,2-3H2,1H3;3,6H,1-2H2;3,6H,1-2H2. The molecular formula is C82H100O24S18. The average Bonchev–Trinajstić information content (AvgIpc) is 0.864. The fourth-order valence-corrected chi connectivity index (χ4v) is 11.9. The van der Waals surface area contributed by atoms with Crippen LogP contribution in [0.25, 0.3) is 0 Å². The second-order valence-corrected chi connectivity index (χ2v) is 32.5. The molecule has 0 aliphatic heterocycles. The molecule has 8 rings (SSSR count). The first-order chi connectivity index (χ1) is 59.6. The third-order valence-corrected chi connectivity index (χ3v) is 20.8. The number of rotatable bonds is 36. The van der Waals surface area contributed by atoms with Crippen LogP contribution in [0.1, 0.15) is 86.1 Å². The molecule has 8 aromatic carbocycles. The van der Waals surface area contributed by atoms with Gasteiger partial charge in [-0.05, 0) is 95.1 Å². The van der Waals surface area contributed by atoms with Crippen LogP contribution in [0.5, 0.6) is 0 Å². The second kappa shape index (κ2) is 90.1. The van der Waals surface area contributed by atoms with E-state index in [4.69, 9.17) is 18.9 Å². The molecule has 0 amide bonds. The van der Waals surface area contributed by atoms with Crippen molar-refractivity contribution in [3.8, 4) is 0 Å². The zero-order chi connectivity index (χ0) is 93.6. The maximum atomic E-state index is 10.6. The van der Waals surface area contributed by atoms with Crippen molar-refractivity contribution in [2.75, 3.05) is 49.4 Å². The van der Waals surface area contributed by atoms with Crippen molar-refractivity contribution in [3.63, 3.8) is 0 Å². The smallest absolute Gasteiger partial charge is 0.302 e. The van der Waals surface area contributed by atoms with Gasteiger partial charge in [0.05, 0.1) is 6.61 Å². The molecule has 0 bridgehead atoms. The Morgan fingerprint density at radius 3 is 0.847 bits per heavy atom. The van der Waals surface area contributed by atoms with E-state index >= 15 is 0 Å². The Hall–Kier alpha value is -6.30. The lowest BCUT2D eigenvalue weighted by Gasteiger charge is -2.05. The fourth-order valence-electron chi connectivity index (χ4n) is 7.05. The molecule has 0 fully saturated rings. The first-order valence-corrected chi connectivity index (χ1v) is 49.8. The number of thiol groups is 12. The Bertz CT molecular complexity index is 4130. The molecule has 8 aromatic rings. The van der Waals surface area contributed by atoms with Crippen molar-refractivity contribution in [2.24, 2.45) is 0 Å². The highest BCUT2D eigenvalue weighted by atomic mass is 33.1. The predicted molar refractivity (Wildman–Crippen MR) is 533 cm³/mol. The van der Waals surface area contributed by atoms with Gasteiger partial charge in [-0.25, -0.2) is 0 Å². The van der Waals surface area contributed by atoms with E-state index in [0.717, 1.165) is 95.2 Å². The lowest BCUT2D eigenvalue weighted by molar-refractivity contribution is -0.143. The summed E-state index contributed by atoms with van der Waals surface area (Å²) >= 11 is 48.2. The van der Waals surface area contributed by atoms with Gasteiger partial charge in [0.2, 0.25) is 0 Å². The van der Waals surface area contributed by atoms with Crippen LogP contribution in [0, 0.1) is 0 Å². The van der Waals surface area contributed by atoms with Crippen molar-refractivity contribution in [2.45, 2.75) is 134 Å². The molecule has 0 radical (unpaired) electrons. The van der Waals surface area contributed by atoms with Gasteiger partial charge in [-0.1, -0.05) is 186 Å². The minimum atomic E-state index is -0.272. The SMILES string of the molecule is CC(=O)OCCS.CC(=O)OCCSS.CC(=O)OCc1ccc(S)cc1.CC(=O)OCc1ccc(SS)cc1.CC(=O)OCc1ccccc1S.CC(=O)OCc1ccccc1SS.O=COCCS.O=COCCSS.O=COCc1ccc(S)cc1.O=COCc1ccc(SS)cc1.O=COCc1ccccc1S.O=COCc1ccccc1SS. The highest BCUT2D eigenvalue weighted by molar-refractivity contribution is 8.69. The van der Waals surface area contributed by atoms with Crippen LogP contribution in [0.3, 0.4) is 0 Å². The average molecular weight is 2050 g/mol. The molecule has 0 aromatic heterocycles. The summed E-state index contributed by atoms with van der Waals surface area (Å²) in [7, 11) is 8.18. The molecule has 0 aliphatic rings. The van der Waals surface area contributed by atoms with Gasteiger partial charge in [0.1, 0.15) is 72.7 Å². The van der Waals surface area contributed by atoms with E-state index in [1.54, 1.807) is 0 Å². The monoisotopic (exact) mass is 2040 g/mol. The fraction of sp³-hybridized carbons (Fsp3) is 0.268. The minimum absolute atomic E-state index is 0.229. The first kappa shape index (κ1) is 124. The third-order valence-electron chi connectivity index (χ3n) is 12.6. The van der Waals surface area contributed by atoms with Crippen LogP contribution in [-0.2, 0) is 167 Å². The van der Waals surface area contributed by atoms with Crippen LogP contribution in [-0.4, -0.2) is 124 Å². The van der Waals surface area contributed by atoms with E-state index in [1.165, 1.54) is 106 Å².